The van der Waals surface area contributed by atoms with E-state index in [0.29, 0.717) is 17.1 Å². The number of methoxy groups -OCH3 is 2. The van der Waals surface area contributed by atoms with Crippen molar-refractivity contribution in [2.75, 3.05) is 20.8 Å². The molecule has 0 aliphatic heterocycles. The van der Waals surface area contributed by atoms with Crippen molar-refractivity contribution in [2.45, 2.75) is 11.9 Å². The first kappa shape index (κ1) is 20.1. The second kappa shape index (κ2) is 8.43. The summed E-state index contributed by atoms with van der Waals surface area (Å²) in [4.78, 5) is 0. The molecular weight excluding hydrogens is 368 g/mol. The Balaban J connectivity index is 2.05. The molecule has 9 heteroatoms. The van der Waals surface area contributed by atoms with E-state index in [2.05, 4.69) is 4.72 Å². The van der Waals surface area contributed by atoms with E-state index in [1.807, 2.05) is 0 Å². The van der Waals surface area contributed by atoms with Crippen LogP contribution in [0.5, 0.6) is 11.5 Å². The topological polar surface area (TPSA) is 84.9 Å². The van der Waals surface area contributed by atoms with Gasteiger partial charge in [0, 0.05) is 12.1 Å². The third kappa shape index (κ3) is 5.13. The zero-order valence-electron chi connectivity index (χ0n) is 14.2. The van der Waals surface area contributed by atoms with Crippen molar-refractivity contribution in [3.05, 3.63) is 59.2 Å². The largest absolute Gasteiger partial charge is 0.493 e. The Morgan fingerprint density at radius 1 is 1.08 bits per heavy atom. The van der Waals surface area contributed by atoms with Gasteiger partial charge in [-0.05, 0) is 35.9 Å². The molecule has 0 radical (unpaired) electrons. The molecule has 2 aromatic rings. The lowest BCUT2D eigenvalue weighted by molar-refractivity contribution is 0.181. The van der Waals surface area contributed by atoms with Crippen molar-refractivity contribution in [1.82, 2.24) is 4.72 Å². The van der Waals surface area contributed by atoms with Gasteiger partial charge in [-0.3, -0.25) is 0 Å². The lowest BCUT2D eigenvalue weighted by Gasteiger charge is -2.15. The van der Waals surface area contributed by atoms with Gasteiger partial charge in [0.1, 0.15) is 11.6 Å². The molecule has 142 valence electrons. The summed E-state index contributed by atoms with van der Waals surface area (Å²) in [6.07, 6.45) is -1.16. The van der Waals surface area contributed by atoms with Crippen LogP contribution in [0.25, 0.3) is 0 Å². The van der Waals surface area contributed by atoms with Crippen LogP contribution in [-0.4, -0.2) is 34.3 Å². The fourth-order valence-electron chi connectivity index (χ4n) is 2.29. The summed E-state index contributed by atoms with van der Waals surface area (Å²) in [5.74, 6) is -1.45. The second-order valence-electron chi connectivity index (χ2n) is 5.47. The van der Waals surface area contributed by atoms with E-state index in [-0.39, 0.29) is 12.1 Å². The summed E-state index contributed by atoms with van der Waals surface area (Å²) >= 11 is 0. The second-order valence-corrected chi connectivity index (χ2v) is 7.28. The minimum absolute atomic E-state index is 0.293. The van der Waals surface area contributed by atoms with Crippen LogP contribution in [0.1, 0.15) is 17.2 Å². The normalized spacial score (nSPS) is 12.7. The smallest absolute Gasteiger partial charge is 0.215 e. The SMILES string of the molecule is COc1ccc(C(O)CNS(=O)(=O)Cc2cc(F)ccc2F)cc1OC. The van der Waals surface area contributed by atoms with E-state index < -0.39 is 33.5 Å². The molecule has 6 nitrogen and oxygen atoms in total. The van der Waals surface area contributed by atoms with Crippen LogP contribution in [0, 0.1) is 11.6 Å². The van der Waals surface area contributed by atoms with Crippen LogP contribution >= 0.6 is 0 Å². The molecule has 1 atom stereocenters. The number of ether oxygens (including phenoxy) is 2. The average Bonchev–Trinajstić information content (AvgIpc) is 2.62. The van der Waals surface area contributed by atoms with Crippen LogP contribution in [-0.2, 0) is 15.8 Å². The number of sulfonamides is 1. The molecule has 0 saturated heterocycles. The average molecular weight is 387 g/mol. The molecule has 0 aliphatic rings. The van der Waals surface area contributed by atoms with Gasteiger partial charge in [0.15, 0.2) is 11.5 Å². The Bertz CT molecular complexity index is 873. The molecule has 2 aromatic carbocycles. The number of halogens is 2. The third-order valence-corrected chi connectivity index (χ3v) is 4.94. The minimum atomic E-state index is -3.98. The van der Waals surface area contributed by atoms with Crippen LogP contribution in [0.15, 0.2) is 36.4 Å². The zero-order chi connectivity index (χ0) is 19.3. The minimum Gasteiger partial charge on any atom is -0.493 e. The quantitative estimate of drug-likeness (QED) is 0.725. The van der Waals surface area contributed by atoms with Gasteiger partial charge in [0.05, 0.1) is 26.1 Å². The van der Waals surface area contributed by atoms with Gasteiger partial charge in [-0.2, -0.15) is 0 Å². The van der Waals surface area contributed by atoms with Crippen LogP contribution in [0.2, 0.25) is 0 Å². The Labute approximate surface area is 150 Å². The molecule has 0 heterocycles. The summed E-state index contributed by atoms with van der Waals surface area (Å²) in [7, 11) is -1.08. The highest BCUT2D eigenvalue weighted by molar-refractivity contribution is 7.88. The van der Waals surface area contributed by atoms with Crippen LogP contribution < -0.4 is 14.2 Å². The lowest BCUT2D eigenvalue weighted by Crippen LogP contribution is -2.30. The van der Waals surface area contributed by atoms with Gasteiger partial charge in [0.2, 0.25) is 10.0 Å². The van der Waals surface area contributed by atoms with E-state index in [1.165, 1.54) is 20.3 Å². The molecule has 0 amide bonds. The molecule has 0 fully saturated rings. The van der Waals surface area contributed by atoms with Crippen molar-refractivity contribution >= 4 is 10.0 Å². The maximum Gasteiger partial charge on any atom is 0.215 e. The van der Waals surface area contributed by atoms with Crippen molar-refractivity contribution in [1.29, 1.82) is 0 Å². The Morgan fingerprint density at radius 2 is 1.77 bits per heavy atom. The molecule has 26 heavy (non-hydrogen) atoms. The Hall–Kier alpha value is -2.23. The van der Waals surface area contributed by atoms with Crippen LogP contribution in [0.3, 0.4) is 0 Å². The van der Waals surface area contributed by atoms with Crippen molar-refractivity contribution in [2.24, 2.45) is 0 Å². The fraction of sp³-hybridized carbons (Fsp3) is 0.294. The highest BCUT2D eigenvalue weighted by atomic mass is 32.2. The number of hydrogen-bond donors (Lipinski definition) is 2. The van der Waals surface area contributed by atoms with E-state index in [1.54, 1.807) is 12.1 Å². The summed E-state index contributed by atoms with van der Waals surface area (Å²) in [5.41, 5.74) is 0.111. The van der Waals surface area contributed by atoms with E-state index in [0.717, 1.165) is 18.2 Å². The van der Waals surface area contributed by atoms with Crippen LogP contribution in [0.4, 0.5) is 8.78 Å². The van der Waals surface area contributed by atoms with Gasteiger partial charge in [-0.25, -0.2) is 21.9 Å². The third-order valence-electron chi connectivity index (χ3n) is 3.64. The first-order valence-electron chi connectivity index (χ1n) is 7.57. The number of aliphatic hydroxyl groups is 1. The first-order chi connectivity index (χ1) is 12.3. The van der Waals surface area contributed by atoms with Crippen molar-refractivity contribution in [3.8, 4) is 11.5 Å². The van der Waals surface area contributed by atoms with Gasteiger partial charge in [-0.15, -0.1) is 0 Å². The molecule has 0 saturated carbocycles. The Kier molecular flexibility index (Phi) is 6.52. The molecular formula is C17H19F2NO5S. The molecule has 0 bridgehead atoms. The predicted molar refractivity (Wildman–Crippen MR) is 91.5 cm³/mol. The van der Waals surface area contributed by atoms with Gasteiger partial charge < -0.3 is 14.6 Å². The molecule has 0 spiro atoms. The summed E-state index contributed by atoms with van der Waals surface area (Å²) in [6, 6.07) is 7.24. The number of aliphatic hydroxyl groups excluding tert-OH is 1. The van der Waals surface area contributed by atoms with E-state index in [9.17, 15) is 22.3 Å². The molecule has 2 N–H and O–H groups in total. The summed E-state index contributed by atoms with van der Waals surface area (Å²) in [5, 5.41) is 10.2. The van der Waals surface area contributed by atoms with Gasteiger partial charge in [0.25, 0.3) is 0 Å². The zero-order valence-corrected chi connectivity index (χ0v) is 15.0. The highest BCUT2D eigenvalue weighted by Gasteiger charge is 2.18. The number of hydrogen-bond acceptors (Lipinski definition) is 5. The Morgan fingerprint density at radius 3 is 2.42 bits per heavy atom. The number of benzene rings is 2. The summed E-state index contributed by atoms with van der Waals surface area (Å²) in [6.45, 7) is -0.339. The predicted octanol–water partition coefficient (Wildman–Crippen LogP) is 2.13. The number of nitrogens with one attached hydrogen (secondary N) is 1. The monoisotopic (exact) mass is 387 g/mol. The molecule has 2 rings (SSSR count). The molecule has 1 unspecified atom stereocenters. The van der Waals surface area contributed by atoms with Crippen molar-refractivity contribution < 1.29 is 31.8 Å². The van der Waals surface area contributed by atoms with Gasteiger partial charge >= 0.3 is 0 Å². The molecule has 0 aliphatic carbocycles. The van der Waals surface area contributed by atoms with Crippen molar-refractivity contribution in [3.63, 3.8) is 0 Å². The lowest BCUT2D eigenvalue weighted by atomic mass is 10.1. The number of rotatable bonds is 8. The molecule has 0 aromatic heterocycles. The van der Waals surface area contributed by atoms with Gasteiger partial charge in [-0.1, -0.05) is 6.07 Å². The highest BCUT2D eigenvalue weighted by Crippen LogP contribution is 2.29. The van der Waals surface area contributed by atoms with E-state index in [4.69, 9.17) is 9.47 Å². The van der Waals surface area contributed by atoms with E-state index >= 15 is 0 Å². The maximum atomic E-state index is 13.6. The first-order valence-corrected chi connectivity index (χ1v) is 9.22. The summed E-state index contributed by atoms with van der Waals surface area (Å²) < 4.78 is 63.3. The fourth-order valence-corrected chi connectivity index (χ4v) is 3.44. The maximum absolute atomic E-state index is 13.6. The standard InChI is InChI=1S/C17H19F2NO5S/c1-24-16-6-3-11(8-17(16)25-2)15(21)9-20-26(22,23)10-12-7-13(18)4-5-14(12)19/h3-8,15,20-21H,9-10H2,1-2H3.